The number of rotatable bonds is 13. The molecule has 65 heavy (non-hydrogen) atoms. The number of carbonyl (C=O) groups excluding carboxylic acids is 1. The molecular formula is C45H35F6N7O7. The SMILES string of the molecule is CC(C)NC(=O)c1ccc2c(c1)nnn2-c1ccc(OCc2ccc(OC(F)(F)F)cc2)cc1.O=C(O)c1ccc2c(c1)nnn2-c1ccc(OCc2ccc(OC(F)(F)F)cc2)cc1. The van der Waals surface area contributed by atoms with E-state index in [9.17, 15) is 35.9 Å². The first kappa shape index (κ1) is 44.9. The standard InChI is InChI=1S/C24H21F3N4O3.C21H14F3N3O4/c1-15(2)28-23(32)17-5-12-22-21(13-17)29-30-31(22)18-6-10-19(11-7-18)33-14-16-3-8-20(9-4-16)34-24(25,26)27;22-21(23,24)31-17-6-1-13(2-7-17)12-30-16-8-4-15(5-9-16)27-19-10-3-14(20(28)29)11-18(19)25-26-27/h3-13,15H,14H2,1-2H3,(H,28,32);1-11H,12H2,(H,28,29). The Morgan fingerprint density at radius 3 is 1.34 bits per heavy atom. The number of hydrogen-bond acceptors (Lipinski definition) is 10. The normalized spacial score (nSPS) is 11.5. The maximum Gasteiger partial charge on any atom is 0.573 e. The molecule has 2 N–H and O–H groups in total. The van der Waals surface area contributed by atoms with Gasteiger partial charge in [-0.3, -0.25) is 4.79 Å². The van der Waals surface area contributed by atoms with Crippen LogP contribution in [-0.2, 0) is 13.2 Å². The molecule has 2 aromatic heterocycles. The fraction of sp³-hybridized carbons (Fsp3) is 0.156. The van der Waals surface area contributed by atoms with Gasteiger partial charge in [-0.2, -0.15) is 0 Å². The zero-order chi connectivity index (χ0) is 46.3. The summed E-state index contributed by atoms with van der Waals surface area (Å²) < 4.78 is 95.6. The van der Waals surface area contributed by atoms with Crippen molar-refractivity contribution in [1.82, 2.24) is 35.3 Å². The third kappa shape index (κ3) is 12.1. The topological polar surface area (TPSA) is 165 Å². The van der Waals surface area contributed by atoms with Crippen LogP contribution in [0.15, 0.2) is 133 Å². The summed E-state index contributed by atoms with van der Waals surface area (Å²) in [5, 5.41) is 28.3. The van der Waals surface area contributed by atoms with Crippen LogP contribution in [0.2, 0.25) is 0 Å². The summed E-state index contributed by atoms with van der Waals surface area (Å²) >= 11 is 0. The predicted molar refractivity (Wildman–Crippen MR) is 222 cm³/mol. The number of ether oxygens (including phenoxy) is 4. The fourth-order valence-corrected chi connectivity index (χ4v) is 6.12. The van der Waals surface area contributed by atoms with Gasteiger partial charge in [0.25, 0.3) is 5.91 Å². The number of fused-ring (bicyclic) bond motifs is 2. The molecule has 0 unspecified atom stereocenters. The summed E-state index contributed by atoms with van der Waals surface area (Å²) in [4.78, 5) is 23.3. The number of amides is 1. The Balaban J connectivity index is 0.000000195. The number of aromatic nitrogens is 6. The van der Waals surface area contributed by atoms with E-state index in [0.29, 0.717) is 50.4 Å². The monoisotopic (exact) mass is 899 g/mol. The highest BCUT2D eigenvalue weighted by atomic mass is 19.4. The highest BCUT2D eigenvalue weighted by Gasteiger charge is 2.31. The molecule has 20 heteroatoms. The summed E-state index contributed by atoms with van der Waals surface area (Å²) in [6.07, 6.45) is -9.45. The fourth-order valence-electron chi connectivity index (χ4n) is 6.12. The maximum atomic E-state index is 12.2. The number of hydrogen-bond donors (Lipinski definition) is 2. The number of aromatic carboxylic acids is 1. The van der Waals surface area contributed by atoms with E-state index < -0.39 is 18.7 Å². The summed E-state index contributed by atoms with van der Waals surface area (Å²) in [5.74, 6) is -0.659. The third-order valence-electron chi connectivity index (χ3n) is 9.11. The first-order chi connectivity index (χ1) is 31.0. The molecule has 0 radical (unpaired) electrons. The van der Waals surface area contributed by atoms with Gasteiger partial charge in [-0.05, 0) is 134 Å². The number of halogens is 6. The molecule has 6 aromatic carbocycles. The molecule has 0 bridgehead atoms. The van der Waals surface area contributed by atoms with Crippen molar-refractivity contribution in [3.8, 4) is 34.4 Å². The lowest BCUT2D eigenvalue weighted by molar-refractivity contribution is -0.275. The van der Waals surface area contributed by atoms with Crippen molar-refractivity contribution < 1.29 is 60.0 Å². The van der Waals surface area contributed by atoms with E-state index in [1.165, 1.54) is 60.7 Å². The molecule has 8 aromatic rings. The average molecular weight is 900 g/mol. The van der Waals surface area contributed by atoms with E-state index in [-0.39, 0.29) is 42.2 Å². The van der Waals surface area contributed by atoms with Crippen molar-refractivity contribution in [2.24, 2.45) is 0 Å². The van der Waals surface area contributed by atoms with Crippen molar-refractivity contribution in [3.05, 3.63) is 156 Å². The highest BCUT2D eigenvalue weighted by molar-refractivity contribution is 5.97. The predicted octanol–water partition coefficient (Wildman–Crippen LogP) is 9.63. The van der Waals surface area contributed by atoms with Gasteiger partial charge in [-0.15, -0.1) is 36.5 Å². The number of alkyl halides is 6. The molecule has 14 nitrogen and oxygen atoms in total. The minimum Gasteiger partial charge on any atom is -0.489 e. The minimum absolute atomic E-state index is 0.0300. The van der Waals surface area contributed by atoms with Crippen LogP contribution < -0.4 is 24.3 Å². The van der Waals surface area contributed by atoms with Crippen LogP contribution in [0.3, 0.4) is 0 Å². The summed E-state index contributed by atoms with van der Waals surface area (Å²) in [5.41, 5.74) is 5.91. The van der Waals surface area contributed by atoms with Gasteiger partial charge in [-0.25, -0.2) is 14.2 Å². The number of carbonyl (C=O) groups is 2. The Labute approximate surface area is 364 Å². The molecule has 334 valence electrons. The number of carboxylic acids is 1. The van der Waals surface area contributed by atoms with E-state index in [2.05, 4.69) is 35.4 Å². The second kappa shape index (κ2) is 19.1. The van der Waals surface area contributed by atoms with Crippen molar-refractivity contribution in [1.29, 1.82) is 0 Å². The molecule has 0 saturated heterocycles. The van der Waals surface area contributed by atoms with Crippen LogP contribution in [0.5, 0.6) is 23.0 Å². The van der Waals surface area contributed by atoms with E-state index in [1.807, 2.05) is 26.0 Å². The smallest absolute Gasteiger partial charge is 0.489 e. The Bertz CT molecular complexity index is 2900. The molecule has 0 fully saturated rings. The molecule has 8 rings (SSSR count). The van der Waals surface area contributed by atoms with Crippen LogP contribution in [0.25, 0.3) is 33.4 Å². The van der Waals surface area contributed by atoms with Crippen LogP contribution in [-0.4, -0.2) is 65.7 Å². The second-order valence-electron chi connectivity index (χ2n) is 14.3. The number of carboxylic acid groups (broad SMARTS) is 1. The lowest BCUT2D eigenvalue weighted by Gasteiger charge is -2.10. The van der Waals surface area contributed by atoms with Crippen molar-refractivity contribution >= 4 is 33.9 Å². The first-order valence-electron chi connectivity index (χ1n) is 19.4. The Hall–Kier alpha value is -8.16. The van der Waals surface area contributed by atoms with E-state index in [4.69, 9.17) is 14.6 Å². The molecule has 2 heterocycles. The highest BCUT2D eigenvalue weighted by Crippen LogP contribution is 2.26. The zero-order valence-corrected chi connectivity index (χ0v) is 34.0. The van der Waals surface area contributed by atoms with Crippen LogP contribution in [0.4, 0.5) is 26.3 Å². The van der Waals surface area contributed by atoms with Crippen molar-refractivity contribution in [2.45, 2.75) is 45.8 Å². The quantitative estimate of drug-likeness (QED) is 0.106. The molecule has 0 saturated carbocycles. The molecule has 0 aliphatic heterocycles. The Morgan fingerprint density at radius 1 is 0.569 bits per heavy atom. The van der Waals surface area contributed by atoms with Crippen molar-refractivity contribution in [2.75, 3.05) is 0 Å². The molecule has 0 aliphatic rings. The van der Waals surface area contributed by atoms with Crippen LogP contribution >= 0.6 is 0 Å². The van der Waals surface area contributed by atoms with Gasteiger partial charge in [0.1, 0.15) is 47.2 Å². The lowest BCUT2D eigenvalue weighted by atomic mass is 10.1. The second-order valence-corrected chi connectivity index (χ2v) is 14.3. The first-order valence-corrected chi connectivity index (χ1v) is 19.4. The lowest BCUT2D eigenvalue weighted by Crippen LogP contribution is -2.29. The summed E-state index contributed by atoms with van der Waals surface area (Å²) in [6, 6.07) is 34.8. The van der Waals surface area contributed by atoms with E-state index in [1.54, 1.807) is 70.0 Å². The van der Waals surface area contributed by atoms with Gasteiger partial charge in [0.05, 0.1) is 28.0 Å². The van der Waals surface area contributed by atoms with E-state index in [0.717, 1.165) is 11.2 Å². The molecule has 0 atom stereocenters. The van der Waals surface area contributed by atoms with Gasteiger partial charge in [0.15, 0.2) is 0 Å². The molecule has 0 spiro atoms. The van der Waals surface area contributed by atoms with Gasteiger partial charge >= 0.3 is 18.7 Å². The van der Waals surface area contributed by atoms with E-state index >= 15 is 0 Å². The summed E-state index contributed by atoms with van der Waals surface area (Å²) in [7, 11) is 0. The molecule has 1 amide bonds. The van der Waals surface area contributed by atoms with Crippen LogP contribution in [0, 0.1) is 0 Å². The number of nitrogens with zero attached hydrogens (tertiary/aromatic N) is 6. The van der Waals surface area contributed by atoms with Gasteiger partial charge < -0.3 is 29.4 Å². The van der Waals surface area contributed by atoms with Gasteiger partial charge in [0, 0.05) is 11.6 Å². The molecule has 0 aliphatic carbocycles. The number of nitrogens with one attached hydrogen (secondary N) is 1. The Kier molecular flexibility index (Phi) is 13.2. The Morgan fingerprint density at radius 2 is 0.954 bits per heavy atom. The summed E-state index contributed by atoms with van der Waals surface area (Å²) in [6.45, 7) is 4.13. The number of benzene rings is 6. The van der Waals surface area contributed by atoms with Crippen LogP contribution in [0.1, 0.15) is 45.7 Å². The maximum absolute atomic E-state index is 12.2. The minimum atomic E-state index is -4.73. The van der Waals surface area contributed by atoms with Crippen molar-refractivity contribution in [3.63, 3.8) is 0 Å². The third-order valence-corrected chi connectivity index (χ3v) is 9.11. The van der Waals surface area contributed by atoms with Gasteiger partial charge in [-0.1, -0.05) is 34.7 Å². The molecular weight excluding hydrogens is 865 g/mol. The largest absolute Gasteiger partial charge is 0.573 e. The zero-order valence-electron chi connectivity index (χ0n) is 34.0. The van der Waals surface area contributed by atoms with Gasteiger partial charge in [0.2, 0.25) is 0 Å². The average Bonchev–Trinajstić information content (AvgIpc) is 3.89.